The van der Waals surface area contributed by atoms with Crippen molar-refractivity contribution in [3.05, 3.63) is 0 Å². The number of nitrogens with one attached hydrogen (secondary N) is 2. The minimum atomic E-state index is -1.38. The second-order valence-corrected chi connectivity index (χ2v) is 8.93. The van der Waals surface area contributed by atoms with Crippen LogP contribution in [-0.4, -0.2) is 88.0 Å². The van der Waals surface area contributed by atoms with Gasteiger partial charge >= 0.3 is 11.9 Å². The minimum Gasteiger partial charge on any atom is -0.481 e. The first-order valence-electron chi connectivity index (χ1n) is 11.5. The Morgan fingerprint density at radius 2 is 1.69 bits per heavy atom. The molecule has 1 saturated heterocycles. The van der Waals surface area contributed by atoms with E-state index >= 15 is 0 Å². The summed E-state index contributed by atoms with van der Waals surface area (Å²) in [6.07, 6.45) is 0.859. The first kappa shape index (κ1) is 29.6. The number of aliphatic imine (C=N–C) groups is 1. The van der Waals surface area contributed by atoms with Crippen molar-refractivity contribution in [3.8, 4) is 0 Å². The zero-order valence-electron chi connectivity index (χ0n) is 20.1. The van der Waals surface area contributed by atoms with Crippen LogP contribution in [-0.2, 0) is 24.0 Å². The number of aliphatic carboxylic acids is 2. The van der Waals surface area contributed by atoms with E-state index in [2.05, 4.69) is 15.6 Å². The van der Waals surface area contributed by atoms with Gasteiger partial charge in [-0.25, -0.2) is 4.79 Å². The van der Waals surface area contributed by atoms with E-state index in [4.69, 9.17) is 22.3 Å². The maximum absolute atomic E-state index is 13.2. The number of carboxylic acids is 2. The topological polar surface area (TPSA) is 244 Å². The highest BCUT2D eigenvalue weighted by Crippen LogP contribution is 2.20. The summed E-state index contributed by atoms with van der Waals surface area (Å²) in [5, 5.41) is 23.4. The molecule has 14 nitrogen and oxygen atoms in total. The summed E-state index contributed by atoms with van der Waals surface area (Å²) in [5.41, 5.74) is 16.2. The molecule has 1 rings (SSSR count). The number of amides is 3. The Kier molecular flexibility index (Phi) is 11.9. The third-order valence-electron chi connectivity index (χ3n) is 5.45. The molecule has 10 N–H and O–H groups in total. The Bertz CT molecular complexity index is 814. The largest absolute Gasteiger partial charge is 0.481 e. The van der Waals surface area contributed by atoms with E-state index in [1.54, 1.807) is 0 Å². The quantitative estimate of drug-likeness (QED) is 0.0781. The van der Waals surface area contributed by atoms with E-state index in [1.807, 2.05) is 13.8 Å². The Balaban J connectivity index is 3.03. The molecule has 4 unspecified atom stereocenters. The summed E-state index contributed by atoms with van der Waals surface area (Å²) >= 11 is 0. The van der Waals surface area contributed by atoms with E-state index in [9.17, 15) is 29.1 Å². The minimum absolute atomic E-state index is 0.00553. The normalized spacial score (nSPS) is 17.8. The highest BCUT2D eigenvalue weighted by atomic mass is 16.4. The van der Waals surface area contributed by atoms with Crippen LogP contribution in [0, 0.1) is 5.92 Å². The molecule has 1 heterocycles. The van der Waals surface area contributed by atoms with Gasteiger partial charge in [0.25, 0.3) is 0 Å². The van der Waals surface area contributed by atoms with Gasteiger partial charge in [0.1, 0.15) is 18.1 Å². The molecular formula is C21H37N7O7. The third kappa shape index (κ3) is 10.2. The first-order valence-corrected chi connectivity index (χ1v) is 11.5. The van der Waals surface area contributed by atoms with Crippen LogP contribution in [0.4, 0.5) is 0 Å². The maximum Gasteiger partial charge on any atom is 0.326 e. The Morgan fingerprint density at radius 3 is 2.23 bits per heavy atom. The summed E-state index contributed by atoms with van der Waals surface area (Å²) in [5.74, 6) is -4.56. The molecule has 0 aromatic carbocycles. The van der Waals surface area contributed by atoms with Crippen LogP contribution < -0.4 is 27.8 Å². The summed E-state index contributed by atoms with van der Waals surface area (Å²) in [4.78, 5) is 66.2. The van der Waals surface area contributed by atoms with Crippen molar-refractivity contribution in [3.63, 3.8) is 0 Å². The number of carboxylic acid groups (broad SMARTS) is 2. The van der Waals surface area contributed by atoms with Crippen LogP contribution in [0.3, 0.4) is 0 Å². The lowest BCUT2D eigenvalue weighted by molar-refractivity contribution is -0.149. The highest BCUT2D eigenvalue weighted by Gasteiger charge is 2.38. The van der Waals surface area contributed by atoms with E-state index in [-0.39, 0.29) is 37.8 Å². The number of nitrogens with two attached hydrogens (primary N) is 3. The zero-order valence-corrected chi connectivity index (χ0v) is 20.1. The molecule has 1 aliphatic rings. The summed E-state index contributed by atoms with van der Waals surface area (Å²) in [6.45, 7) is 4.14. The first-order chi connectivity index (χ1) is 16.3. The molecule has 0 aromatic heterocycles. The maximum atomic E-state index is 13.2. The molecule has 0 spiro atoms. The molecule has 3 amide bonds. The number of nitrogens with zero attached hydrogens (tertiary/aromatic N) is 2. The average Bonchev–Trinajstić information content (AvgIpc) is 3.23. The van der Waals surface area contributed by atoms with Gasteiger partial charge in [0.15, 0.2) is 5.96 Å². The van der Waals surface area contributed by atoms with Gasteiger partial charge in [0.2, 0.25) is 17.7 Å². The molecule has 0 saturated carbocycles. The molecular weight excluding hydrogens is 462 g/mol. The highest BCUT2D eigenvalue weighted by molar-refractivity contribution is 5.94. The standard InChI is InChI=1S/C21H37N7O7/c1-11(2)9-14(19(33)28-8-4-6-15(28)20(34)35)27-18(32)13(5-3-7-25-21(23)24)26-17(31)12(22)10-16(29)30/h11-15H,3-10,22H2,1-2H3,(H,26,31)(H,27,32)(H,29,30)(H,34,35)(H4,23,24,25). The number of hydrogen-bond donors (Lipinski definition) is 7. The van der Waals surface area contributed by atoms with Gasteiger partial charge in [0.05, 0.1) is 12.5 Å². The van der Waals surface area contributed by atoms with Crippen LogP contribution in [0.15, 0.2) is 4.99 Å². The smallest absolute Gasteiger partial charge is 0.326 e. The molecule has 198 valence electrons. The zero-order chi connectivity index (χ0) is 26.7. The SMILES string of the molecule is CC(C)CC(NC(=O)C(CCCN=C(N)N)NC(=O)C(N)CC(=O)O)C(=O)N1CCCC1C(=O)O. The van der Waals surface area contributed by atoms with Gasteiger partial charge in [-0.15, -0.1) is 0 Å². The van der Waals surface area contributed by atoms with Crippen molar-refractivity contribution >= 4 is 35.6 Å². The average molecular weight is 500 g/mol. The Hall–Kier alpha value is -3.42. The van der Waals surface area contributed by atoms with Crippen LogP contribution in [0.25, 0.3) is 0 Å². The van der Waals surface area contributed by atoms with Crippen LogP contribution in [0.5, 0.6) is 0 Å². The Morgan fingerprint density at radius 1 is 1.06 bits per heavy atom. The lowest BCUT2D eigenvalue weighted by Crippen LogP contribution is -2.57. The van der Waals surface area contributed by atoms with Gasteiger partial charge in [-0.05, 0) is 38.0 Å². The van der Waals surface area contributed by atoms with Crippen molar-refractivity contribution in [1.29, 1.82) is 0 Å². The van der Waals surface area contributed by atoms with Crippen LogP contribution >= 0.6 is 0 Å². The number of guanidine groups is 1. The number of hydrogen-bond acceptors (Lipinski definition) is 7. The number of rotatable bonds is 14. The molecule has 1 fully saturated rings. The van der Waals surface area contributed by atoms with Gasteiger partial charge in [-0.1, -0.05) is 13.8 Å². The van der Waals surface area contributed by atoms with E-state index in [0.29, 0.717) is 19.3 Å². The van der Waals surface area contributed by atoms with Crippen molar-refractivity contribution in [2.75, 3.05) is 13.1 Å². The molecule has 1 aliphatic heterocycles. The van der Waals surface area contributed by atoms with Gasteiger partial charge in [-0.3, -0.25) is 24.2 Å². The van der Waals surface area contributed by atoms with Gasteiger partial charge in [0, 0.05) is 13.1 Å². The van der Waals surface area contributed by atoms with E-state index < -0.39 is 60.2 Å². The molecule has 0 radical (unpaired) electrons. The van der Waals surface area contributed by atoms with E-state index in [0.717, 1.165) is 0 Å². The monoisotopic (exact) mass is 499 g/mol. The second-order valence-electron chi connectivity index (χ2n) is 8.93. The van der Waals surface area contributed by atoms with Crippen LogP contribution in [0.2, 0.25) is 0 Å². The summed E-state index contributed by atoms with van der Waals surface area (Å²) < 4.78 is 0. The van der Waals surface area contributed by atoms with Crippen molar-refractivity contribution in [2.45, 2.75) is 76.5 Å². The number of carbonyl (C=O) groups excluding carboxylic acids is 3. The molecule has 0 aliphatic carbocycles. The molecule has 14 heteroatoms. The van der Waals surface area contributed by atoms with Crippen molar-refractivity contribution in [1.82, 2.24) is 15.5 Å². The predicted molar refractivity (Wildman–Crippen MR) is 126 cm³/mol. The fraction of sp³-hybridized carbons (Fsp3) is 0.714. The van der Waals surface area contributed by atoms with Gasteiger partial charge < -0.3 is 42.9 Å². The lowest BCUT2D eigenvalue weighted by Gasteiger charge is -2.29. The number of carbonyl (C=O) groups is 5. The lowest BCUT2D eigenvalue weighted by atomic mass is 10.0. The summed E-state index contributed by atoms with van der Waals surface area (Å²) in [7, 11) is 0. The predicted octanol–water partition coefficient (Wildman–Crippen LogP) is -2.07. The van der Waals surface area contributed by atoms with E-state index in [1.165, 1.54) is 4.90 Å². The number of likely N-dealkylation sites (tertiary alicyclic amines) is 1. The fourth-order valence-corrected chi connectivity index (χ4v) is 3.78. The second kappa shape index (κ2) is 14.1. The van der Waals surface area contributed by atoms with Crippen molar-refractivity contribution in [2.24, 2.45) is 28.1 Å². The molecule has 35 heavy (non-hydrogen) atoms. The third-order valence-corrected chi connectivity index (χ3v) is 5.45. The molecule has 0 aromatic rings. The molecule has 0 bridgehead atoms. The van der Waals surface area contributed by atoms with Crippen LogP contribution in [0.1, 0.15) is 52.4 Å². The summed E-state index contributed by atoms with van der Waals surface area (Å²) in [6, 6.07) is -4.49. The molecule has 4 atom stereocenters. The van der Waals surface area contributed by atoms with Gasteiger partial charge in [-0.2, -0.15) is 0 Å². The fourth-order valence-electron chi connectivity index (χ4n) is 3.78. The van der Waals surface area contributed by atoms with Crippen molar-refractivity contribution < 1.29 is 34.2 Å². The Labute approximate surface area is 203 Å².